The van der Waals surface area contributed by atoms with Gasteiger partial charge in [0.15, 0.2) is 0 Å². The van der Waals surface area contributed by atoms with Gasteiger partial charge in [0.1, 0.15) is 11.9 Å². The standard InChI is InChI=1S/C22H18ClFN6O2/c1-12-2-5-14(6-3-12)27-22(31)30-10-18-17(25-11-26-18)9-19(30)21-28-20(29-32-21)13-4-7-16(24)15(23)8-13/h2-8,11,19H,9-10H2,1H3,(H,25,26)(H,27,31)/t19-/m0/s1. The zero-order chi connectivity index (χ0) is 22.2. The molecule has 10 heteroatoms. The summed E-state index contributed by atoms with van der Waals surface area (Å²) in [6.45, 7) is 2.28. The number of rotatable bonds is 3. The van der Waals surface area contributed by atoms with Crippen LogP contribution in [0.3, 0.4) is 0 Å². The van der Waals surface area contributed by atoms with Crippen molar-refractivity contribution >= 4 is 23.3 Å². The second-order valence-corrected chi connectivity index (χ2v) is 7.96. The molecule has 162 valence electrons. The number of amides is 2. The number of hydrogen-bond acceptors (Lipinski definition) is 5. The average Bonchev–Trinajstić information content (AvgIpc) is 3.45. The molecule has 4 aromatic rings. The number of anilines is 1. The van der Waals surface area contributed by atoms with Gasteiger partial charge in [0.05, 0.1) is 29.3 Å². The SMILES string of the molecule is Cc1ccc(NC(=O)N2Cc3[nH]cnc3C[C@H]2c2nc(-c3ccc(F)c(Cl)c3)no2)cc1. The molecule has 2 aromatic carbocycles. The Hall–Kier alpha value is -3.72. The quantitative estimate of drug-likeness (QED) is 0.461. The molecule has 0 saturated carbocycles. The fraction of sp³-hybridized carbons (Fsp3) is 0.182. The van der Waals surface area contributed by atoms with Gasteiger partial charge < -0.3 is 19.7 Å². The molecule has 0 unspecified atom stereocenters. The van der Waals surface area contributed by atoms with E-state index in [1.54, 1.807) is 11.2 Å². The van der Waals surface area contributed by atoms with Gasteiger partial charge in [0.25, 0.3) is 0 Å². The van der Waals surface area contributed by atoms with Crippen molar-refractivity contribution < 1.29 is 13.7 Å². The van der Waals surface area contributed by atoms with Crippen LogP contribution >= 0.6 is 11.6 Å². The average molecular weight is 453 g/mol. The van der Waals surface area contributed by atoms with Gasteiger partial charge in [-0.1, -0.05) is 34.5 Å². The van der Waals surface area contributed by atoms with Gasteiger partial charge in [-0.05, 0) is 37.3 Å². The van der Waals surface area contributed by atoms with E-state index >= 15 is 0 Å². The maximum Gasteiger partial charge on any atom is 0.322 e. The molecule has 0 fully saturated rings. The normalized spacial score (nSPS) is 15.5. The summed E-state index contributed by atoms with van der Waals surface area (Å²) in [5.41, 5.74) is 3.98. The minimum atomic E-state index is -0.531. The van der Waals surface area contributed by atoms with E-state index in [4.69, 9.17) is 16.1 Å². The van der Waals surface area contributed by atoms with E-state index in [1.807, 2.05) is 31.2 Å². The summed E-state index contributed by atoms with van der Waals surface area (Å²) < 4.78 is 19.0. The number of nitrogens with one attached hydrogen (secondary N) is 2. The van der Waals surface area contributed by atoms with Gasteiger partial charge in [0.2, 0.25) is 11.7 Å². The van der Waals surface area contributed by atoms with E-state index in [-0.39, 0.29) is 22.8 Å². The number of halogens is 2. The van der Waals surface area contributed by atoms with Gasteiger partial charge in [-0.25, -0.2) is 14.2 Å². The molecule has 8 nitrogen and oxygen atoms in total. The molecule has 2 N–H and O–H groups in total. The summed E-state index contributed by atoms with van der Waals surface area (Å²) in [6, 6.07) is 10.9. The minimum Gasteiger partial charge on any atom is -0.347 e. The third-order valence-electron chi connectivity index (χ3n) is 5.37. The monoisotopic (exact) mass is 452 g/mol. The van der Waals surface area contributed by atoms with E-state index in [0.717, 1.165) is 17.0 Å². The Morgan fingerprint density at radius 3 is 2.88 bits per heavy atom. The van der Waals surface area contributed by atoms with Gasteiger partial charge in [-0.15, -0.1) is 0 Å². The van der Waals surface area contributed by atoms with Gasteiger partial charge in [0, 0.05) is 17.7 Å². The van der Waals surface area contributed by atoms with Crippen molar-refractivity contribution in [2.45, 2.75) is 25.9 Å². The highest BCUT2D eigenvalue weighted by Crippen LogP contribution is 2.33. The zero-order valence-electron chi connectivity index (χ0n) is 17.0. The minimum absolute atomic E-state index is 0.0354. The predicted molar refractivity (Wildman–Crippen MR) is 115 cm³/mol. The van der Waals surface area contributed by atoms with Crippen LogP contribution < -0.4 is 5.32 Å². The number of benzene rings is 2. The number of hydrogen-bond donors (Lipinski definition) is 2. The van der Waals surface area contributed by atoms with Crippen molar-refractivity contribution in [3.8, 4) is 11.4 Å². The van der Waals surface area contributed by atoms with Crippen molar-refractivity contribution in [3.05, 3.63) is 82.5 Å². The molecular formula is C22H18ClFN6O2. The van der Waals surface area contributed by atoms with Crippen molar-refractivity contribution in [2.75, 3.05) is 5.32 Å². The lowest BCUT2D eigenvalue weighted by Crippen LogP contribution is -2.41. The summed E-state index contributed by atoms with van der Waals surface area (Å²) in [7, 11) is 0. The maximum atomic E-state index is 13.5. The first-order valence-corrected chi connectivity index (χ1v) is 10.3. The second kappa shape index (κ2) is 8.08. The fourth-order valence-corrected chi connectivity index (χ4v) is 3.81. The topological polar surface area (TPSA) is 99.9 Å². The summed E-state index contributed by atoms with van der Waals surface area (Å²) in [5, 5.41) is 6.89. The van der Waals surface area contributed by atoms with Crippen molar-refractivity contribution in [1.29, 1.82) is 0 Å². The number of imidazole rings is 1. The lowest BCUT2D eigenvalue weighted by atomic mass is 10.0. The van der Waals surface area contributed by atoms with E-state index in [1.165, 1.54) is 18.2 Å². The Bertz CT molecular complexity index is 1290. The summed E-state index contributed by atoms with van der Waals surface area (Å²) in [5.74, 6) is -0.0156. The second-order valence-electron chi connectivity index (χ2n) is 7.56. The lowest BCUT2D eigenvalue weighted by Gasteiger charge is -2.32. The fourth-order valence-electron chi connectivity index (χ4n) is 3.63. The number of carbonyl (C=O) groups is 1. The van der Waals surface area contributed by atoms with Crippen molar-refractivity contribution in [3.63, 3.8) is 0 Å². The Labute approximate surface area is 187 Å². The largest absolute Gasteiger partial charge is 0.347 e. The number of aromatic amines is 1. The van der Waals surface area contributed by atoms with Gasteiger partial charge in [-0.3, -0.25) is 0 Å². The van der Waals surface area contributed by atoms with Crippen LogP contribution in [0, 0.1) is 12.7 Å². The highest BCUT2D eigenvalue weighted by molar-refractivity contribution is 6.31. The number of aromatic nitrogens is 4. The Morgan fingerprint density at radius 1 is 1.28 bits per heavy atom. The summed E-state index contributed by atoms with van der Waals surface area (Å²) in [6.07, 6.45) is 2.01. The molecule has 2 amide bonds. The first-order chi connectivity index (χ1) is 15.5. The van der Waals surface area contributed by atoms with Gasteiger partial charge in [-0.2, -0.15) is 4.98 Å². The maximum absolute atomic E-state index is 13.5. The smallest absolute Gasteiger partial charge is 0.322 e. The third-order valence-corrected chi connectivity index (χ3v) is 5.66. The Kier molecular flexibility index (Phi) is 5.10. The van der Waals surface area contributed by atoms with Crippen LogP contribution in [-0.4, -0.2) is 31.0 Å². The first kappa shape index (κ1) is 20.2. The number of nitrogens with zero attached hydrogens (tertiary/aromatic N) is 4. The van der Waals surface area contributed by atoms with Crippen LogP contribution in [0.15, 0.2) is 53.3 Å². The summed E-state index contributed by atoms with van der Waals surface area (Å²) >= 11 is 5.88. The Morgan fingerprint density at radius 2 is 2.09 bits per heavy atom. The van der Waals surface area contributed by atoms with Crippen molar-refractivity contribution in [2.24, 2.45) is 0 Å². The molecule has 0 radical (unpaired) electrons. The van der Waals surface area contributed by atoms with Crippen molar-refractivity contribution in [1.82, 2.24) is 25.0 Å². The molecule has 32 heavy (non-hydrogen) atoms. The van der Waals surface area contributed by atoms with Crippen LogP contribution in [0.25, 0.3) is 11.4 Å². The zero-order valence-corrected chi connectivity index (χ0v) is 17.7. The van der Waals surface area contributed by atoms with Crippen LogP contribution in [0.4, 0.5) is 14.9 Å². The molecule has 2 aromatic heterocycles. The highest BCUT2D eigenvalue weighted by atomic mass is 35.5. The van der Waals surface area contributed by atoms with Gasteiger partial charge >= 0.3 is 6.03 Å². The molecular weight excluding hydrogens is 435 g/mol. The number of H-pyrrole nitrogens is 1. The van der Waals surface area contributed by atoms with E-state index in [0.29, 0.717) is 24.2 Å². The molecule has 1 aliphatic heterocycles. The molecule has 0 aliphatic carbocycles. The van der Waals surface area contributed by atoms with Crippen LogP contribution in [0.5, 0.6) is 0 Å². The lowest BCUT2D eigenvalue weighted by molar-refractivity contribution is 0.155. The molecule has 0 spiro atoms. The van der Waals surface area contributed by atoms with E-state index < -0.39 is 11.9 Å². The number of aryl methyl sites for hydroxylation is 1. The van der Waals surface area contributed by atoms with E-state index in [9.17, 15) is 9.18 Å². The molecule has 3 heterocycles. The highest BCUT2D eigenvalue weighted by Gasteiger charge is 2.36. The molecule has 0 saturated heterocycles. The molecule has 1 aliphatic rings. The summed E-state index contributed by atoms with van der Waals surface area (Å²) in [4.78, 5) is 26.7. The first-order valence-electron chi connectivity index (χ1n) is 9.92. The molecule has 5 rings (SSSR count). The number of urea groups is 1. The van der Waals surface area contributed by atoms with Crippen LogP contribution in [-0.2, 0) is 13.0 Å². The third kappa shape index (κ3) is 3.82. The predicted octanol–water partition coefficient (Wildman–Crippen LogP) is 4.89. The van der Waals surface area contributed by atoms with Crippen LogP contribution in [0.2, 0.25) is 5.02 Å². The number of fused-ring (bicyclic) bond motifs is 1. The van der Waals surface area contributed by atoms with E-state index in [2.05, 4.69) is 25.4 Å². The number of carbonyl (C=O) groups excluding carboxylic acids is 1. The molecule has 1 atom stereocenters. The molecule has 0 bridgehead atoms. The van der Waals surface area contributed by atoms with Crippen LogP contribution in [0.1, 0.15) is 28.9 Å². The Balaban J connectivity index is 1.45.